The van der Waals surface area contributed by atoms with Gasteiger partial charge < -0.3 is 10.1 Å². The lowest BCUT2D eigenvalue weighted by molar-refractivity contribution is -0.115. The Labute approximate surface area is 200 Å². The van der Waals surface area contributed by atoms with Crippen LogP contribution in [-0.2, 0) is 27.8 Å². The molecule has 0 atom stereocenters. The van der Waals surface area contributed by atoms with Gasteiger partial charge in [-0.2, -0.15) is 5.10 Å². The van der Waals surface area contributed by atoms with Crippen molar-refractivity contribution in [2.45, 2.75) is 17.9 Å². The quantitative estimate of drug-likeness (QED) is 0.399. The maximum atomic E-state index is 14.4. The number of nitrogens with zero attached hydrogens (tertiary/aromatic N) is 2. The lowest BCUT2D eigenvalue weighted by Gasteiger charge is -2.08. The van der Waals surface area contributed by atoms with Gasteiger partial charge in [0.2, 0.25) is 15.9 Å². The van der Waals surface area contributed by atoms with Gasteiger partial charge >= 0.3 is 0 Å². The second-order valence-corrected chi connectivity index (χ2v) is 9.49. The number of sulfonamides is 1. The molecule has 0 saturated heterocycles. The number of aromatic nitrogens is 2. The van der Waals surface area contributed by atoms with Gasteiger partial charge in [0.05, 0.1) is 30.5 Å². The molecule has 0 bridgehead atoms. The molecule has 0 radical (unpaired) electrons. The highest BCUT2D eigenvalue weighted by molar-refractivity contribution is 7.89. The molecule has 0 fully saturated rings. The Hall–Kier alpha value is -3.47. The summed E-state index contributed by atoms with van der Waals surface area (Å²) < 4.78 is 45.3. The highest BCUT2D eigenvalue weighted by Crippen LogP contribution is 2.27. The molecule has 4 rings (SSSR count). The minimum atomic E-state index is -4.15. The van der Waals surface area contributed by atoms with Crippen LogP contribution in [-0.4, -0.2) is 31.2 Å². The molecule has 1 aromatic heterocycles. The third-order valence-electron chi connectivity index (χ3n) is 5.13. The maximum Gasteiger partial charge on any atom is 0.238 e. The van der Waals surface area contributed by atoms with Crippen molar-refractivity contribution in [1.29, 1.82) is 0 Å². The van der Waals surface area contributed by atoms with Crippen LogP contribution in [0.2, 0.25) is 5.02 Å². The van der Waals surface area contributed by atoms with Crippen LogP contribution in [0.15, 0.2) is 65.7 Å². The van der Waals surface area contributed by atoms with Crippen LogP contribution in [0.4, 0.5) is 10.1 Å². The van der Waals surface area contributed by atoms with Crippen LogP contribution < -0.4 is 15.2 Å². The number of ether oxygens (including phenoxy) is 1. The SMILES string of the molecule is COc1ccc(Cn2cc3c(S(N)(=O)=O)cc(NC(=O)Cc4ccccc4Cl)cc3n2)c(F)c1. The van der Waals surface area contributed by atoms with E-state index in [0.717, 1.165) is 0 Å². The molecule has 3 N–H and O–H groups in total. The van der Waals surface area contributed by atoms with Gasteiger partial charge in [-0.3, -0.25) is 9.48 Å². The maximum absolute atomic E-state index is 14.4. The van der Waals surface area contributed by atoms with Gasteiger partial charge in [-0.05, 0) is 29.8 Å². The number of fused-ring (bicyclic) bond motifs is 1. The number of rotatable bonds is 7. The Morgan fingerprint density at radius 2 is 1.94 bits per heavy atom. The summed E-state index contributed by atoms with van der Waals surface area (Å²) in [6.45, 7) is 0.0444. The van der Waals surface area contributed by atoms with Crippen molar-refractivity contribution in [3.05, 3.63) is 82.8 Å². The number of anilines is 1. The summed E-state index contributed by atoms with van der Waals surface area (Å²) >= 11 is 6.11. The lowest BCUT2D eigenvalue weighted by atomic mass is 10.1. The van der Waals surface area contributed by atoms with E-state index in [-0.39, 0.29) is 34.5 Å². The fourth-order valence-electron chi connectivity index (χ4n) is 3.51. The number of amides is 1. The summed E-state index contributed by atoms with van der Waals surface area (Å²) in [6, 6.07) is 14.1. The van der Waals surface area contributed by atoms with E-state index in [1.165, 1.54) is 36.2 Å². The summed E-state index contributed by atoms with van der Waals surface area (Å²) in [5.41, 5.74) is 1.43. The number of hydrogen-bond donors (Lipinski definition) is 2. The standard InChI is InChI=1S/C23H20ClFN4O4S/c1-33-17-7-6-15(20(25)11-17)12-29-13-18-21(28-29)9-16(10-22(18)34(26,31)32)27-23(30)8-14-4-2-3-5-19(14)24/h2-7,9-11,13H,8,12H2,1H3,(H,27,30)(H2,26,31,32). The van der Waals surface area contributed by atoms with Gasteiger partial charge in [-0.1, -0.05) is 35.9 Å². The molecule has 0 aliphatic rings. The largest absolute Gasteiger partial charge is 0.497 e. The molecule has 8 nitrogen and oxygen atoms in total. The van der Waals surface area contributed by atoms with Crippen LogP contribution >= 0.6 is 11.6 Å². The first-order valence-electron chi connectivity index (χ1n) is 10.0. The van der Waals surface area contributed by atoms with E-state index in [1.54, 1.807) is 36.4 Å². The fourth-order valence-corrected chi connectivity index (χ4v) is 4.46. The zero-order valence-corrected chi connectivity index (χ0v) is 19.5. The lowest BCUT2D eigenvalue weighted by Crippen LogP contribution is -2.16. The summed E-state index contributed by atoms with van der Waals surface area (Å²) in [7, 11) is -2.71. The highest BCUT2D eigenvalue weighted by atomic mass is 35.5. The van der Waals surface area contributed by atoms with Crippen molar-refractivity contribution in [2.75, 3.05) is 12.4 Å². The average Bonchev–Trinajstić information content (AvgIpc) is 3.17. The van der Waals surface area contributed by atoms with Crippen molar-refractivity contribution < 1.29 is 22.3 Å². The molecule has 1 heterocycles. The first-order chi connectivity index (χ1) is 16.1. The molecule has 0 aliphatic heterocycles. The van der Waals surface area contributed by atoms with E-state index in [0.29, 0.717) is 21.9 Å². The molecule has 11 heteroatoms. The van der Waals surface area contributed by atoms with Gasteiger partial charge in [0.1, 0.15) is 11.6 Å². The fraction of sp³-hybridized carbons (Fsp3) is 0.130. The van der Waals surface area contributed by atoms with E-state index >= 15 is 0 Å². The van der Waals surface area contributed by atoms with Gasteiger partial charge in [-0.25, -0.2) is 17.9 Å². The average molecular weight is 503 g/mol. The van der Waals surface area contributed by atoms with Crippen LogP contribution in [0, 0.1) is 5.82 Å². The summed E-state index contributed by atoms with van der Waals surface area (Å²) in [6.07, 6.45) is 1.46. The number of halogens is 2. The van der Waals surface area contributed by atoms with E-state index in [2.05, 4.69) is 10.4 Å². The van der Waals surface area contributed by atoms with Crippen LogP contribution in [0.25, 0.3) is 10.9 Å². The third kappa shape index (κ3) is 5.19. The van der Waals surface area contributed by atoms with Crippen molar-refractivity contribution in [2.24, 2.45) is 5.14 Å². The normalized spacial score (nSPS) is 11.5. The minimum Gasteiger partial charge on any atom is -0.497 e. The van der Waals surface area contributed by atoms with E-state index in [9.17, 15) is 17.6 Å². The van der Waals surface area contributed by atoms with Crippen molar-refractivity contribution in [1.82, 2.24) is 9.78 Å². The van der Waals surface area contributed by atoms with E-state index in [1.807, 2.05) is 0 Å². The molecular weight excluding hydrogens is 483 g/mol. The Bertz CT molecular complexity index is 1500. The summed E-state index contributed by atoms with van der Waals surface area (Å²) in [5.74, 6) is -0.508. The Kier molecular flexibility index (Phi) is 6.56. The Balaban J connectivity index is 1.66. The number of carbonyl (C=O) groups is 1. The Morgan fingerprint density at radius 3 is 2.62 bits per heavy atom. The molecule has 176 valence electrons. The number of carbonyl (C=O) groups excluding carboxylic acids is 1. The van der Waals surface area contributed by atoms with Gasteiger partial charge in [0.15, 0.2) is 0 Å². The zero-order valence-electron chi connectivity index (χ0n) is 18.0. The summed E-state index contributed by atoms with van der Waals surface area (Å²) in [5, 5.41) is 13.1. The number of benzene rings is 3. The molecule has 4 aromatic rings. The van der Waals surface area contributed by atoms with Crippen LogP contribution in [0.5, 0.6) is 5.75 Å². The molecular formula is C23H20ClFN4O4S. The molecule has 3 aromatic carbocycles. The van der Waals surface area contributed by atoms with E-state index in [4.69, 9.17) is 21.5 Å². The smallest absolute Gasteiger partial charge is 0.238 e. The molecule has 0 spiro atoms. The molecule has 34 heavy (non-hydrogen) atoms. The predicted octanol–water partition coefficient (Wildman–Crippen LogP) is 3.71. The van der Waals surface area contributed by atoms with Gasteiger partial charge in [0.25, 0.3) is 0 Å². The molecule has 0 unspecified atom stereocenters. The second kappa shape index (κ2) is 9.41. The molecule has 0 saturated carbocycles. The van der Waals surface area contributed by atoms with Crippen molar-refractivity contribution in [3.63, 3.8) is 0 Å². The van der Waals surface area contributed by atoms with Crippen molar-refractivity contribution >= 4 is 44.1 Å². The molecule has 1 amide bonds. The zero-order chi connectivity index (χ0) is 24.5. The molecule has 0 aliphatic carbocycles. The minimum absolute atomic E-state index is 0.00634. The first kappa shape index (κ1) is 23.7. The van der Waals surface area contributed by atoms with Gasteiger partial charge in [0, 0.05) is 33.9 Å². The third-order valence-corrected chi connectivity index (χ3v) is 6.45. The van der Waals surface area contributed by atoms with Gasteiger partial charge in [-0.15, -0.1) is 0 Å². The number of primary sulfonamides is 1. The second-order valence-electron chi connectivity index (χ2n) is 7.55. The first-order valence-corrected chi connectivity index (χ1v) is 12.0. The summed E-state index contributed by atoms with van der Waals surface area (Å²) in [4.78, 5) is 12.3. The van der Waals surface area contributed by atoms with Crippen molar-refractivity contribution in [3.8, 4) is 5.75 Å². The number of nitrogens with two attached hydrogens (primary N) is 1. The monoisotopic (exact) mass is 502 g/mol. The number of hydrogen-bond acceptors (Lipinski definition) is 5. The topological polar surface area (TPSA) is 116 Å². The number of methoxy groups -OCH3 is 1. The number of nitrogens with one attached hydrogen (secondary N) is 1. The van der Waals surface area contributed by atoms with Crippen LogP contribution in [0.3, 0.4) is 0 Å². The highest BCUT2D eigenvalue weighted by Gasteiger charge is 2.19. The van der Waals surface area contributed by atoms with Crippen LogP contribution in [0.1, 0.15) is 11.1 Å². The predicted molar refractivity (Wildman–Crippen MR) is 127 cm³/mol. The van der Waals surface area contributed by atoms with E-state index < -0.39 is 21.7 Å². The Morgan fingerprint density at radius 1 is 1.18 bits per heavy atom.